The van der Waals surface area contributed by atoms with E-state index in [1.54, 1.807) is 48.5 Å². The molecule has 0 aliphatic carbocycles. The fourth-order valence-corrected chi connectivity index (χ4v) is 3.21. The number of phenols is 1. The SMILES string of the molecule is CCOc1cc(/C=N\NC(=O)c2ccccc2O)ccc1OCc1c(Cl)cccc1Cl. The second-order valence-corrected chi connectivity index (χ2v) is 7.16. The van der Waals surface area contributed by atoms with Crippen LogP contribution in [0.2, 0.25) is 10.0 Å². The molecular weight excluding hydrogens is 439 g/mol. The van der Waals surface area contributed by atoms with Gasteiger partial charge in [-0.1, -0.05) is 41.4 Å². The van der Waals surface area contributed by atoms with E-state index in [2.05, 4.69) is 10.5 Å². The molecule has 160 valence electrons. The predicted molar refractivity (Wildman–Crippen MR) is 122 cm³/mol. The Kier molecular flexibility index (Phi) is 7.76. The third-order valence-corrected chi connectivity index (χ3v) is 4.94. The molecule has 0 aromatic heterocycles. The second-order valence-electron chi connectivity index (χ2n) is 6.34. The van der Waals surface area contributed by atoms with Crippen LogP contribution in [0, 0.1) is 0 Å². The Balaban J connectivity index is 1.70. The van der Waals surface area contributed by atoms with E-state index in [1.165, 1.54) is 18.3 Å². The number of aromatic hydroxyl groups is 1. The standard InChI is InChI=1S/C23H20Cl2N2O4/c1-2-30-22-12-15(13-26-27-23(29)16-6-3-4-9-20(16)28)10-11-21(22)31-14-17-18(24)7-5-8-19(17)25/h3-13,28H,2,14H2,1H3,(H,27,29)/b26-13-. The van der Waals surface area contributed by atoms with Gasteiger partial charge in [0.05, 0.1) is 18.4 Å². The van der Waals surface area contributed by atoms with Gasteiger partial charge in [0.25, 0.3) is 5.91 Å². The minimum Gasteiger partial charge on any atom is -0.507 e. The molecule has 0 aliphatic rings. The second kappa shape index (κ2) is 10.7. The third kappa shape index (κ3) is 5.90. The number of nitrogens with one attached hydrogen (secondary N) is 1. The molecular formula is C23H20Cl2N2O4. The molecule has 6 nitrogen and oxygen atoms in total. The summed E-state index contributed by atoms with van der Waals surface area (Å²) in [5, 5.41) is 14.7. The van der Waals surface area contributed by atoms with Crippen LogP contribution in [0.1, 0.15) is 28.4 Å². The van der Waals surface area contributed by atoms with Gasteiger partial charge in [0.1, 0.15) is 12.4 Å². The van der Waals surface area contributed by atoms with Crippen LogP contribution in [0.25, 0.3) is 0 Å². The van der Waals surface area contributed by atoms with Gasteiger partial charge in [-0.15, -0.1) is 0 Å². The van der Waals surface area contributed by atoms with Crippen molar-refractivity contribution < 1.29 is 19.4 Å². The van der Waals surface area contributed by atoms with Gasteiger partial charge in [0.2, 0.25) is 0 Å². The molecule has 0 unspecified atom stereocenters. The molecule has 0 atom stereocenters. The highest BCUT2D eigenvalue weighted by Gasteiger charge is 2.11. The first-order valence-electron chi connectivity index (χ1n) is 9.43. The van der Waals surface area contributed by atoms with Crippen LogP contribution in [0.4, 0.5) is 0 Å². The number of rotatable bonds is 8. The monoisotopic (exact) mass is 458 g/mol. The average molecular weight is 459 g/mol. The Bertz CT molecular complexity index is 1080. The number of amides is 1. The molecule has 0 spiro atoms. The van der Waals surface area contributed by atoms with Gasteiger partial charge < -0.3 is 14.6 Å². The number of carbonyl (C=O) groups is 1. The molecule has 0 heterocycles. The number of hydrogen-bond donors (Lipinski definition) is 2. The molecule has 0 fully saturated rings. The number of halogens is 2. The van der Waals surface area contributed by atoms with Crippen LogP contribution >= 0.6 is 23.2 Å². The average Bonchev–Trinajstić information content (AvgIpc) is 2.75. The predicted octanol–water partition coefficient (Wildman–Crippen LogP) is 5.44. The molecule has 0 saturated heterocycles. The zero-order chi connectivity index (χ0) is 22.2. The Morgan fingerprint density at radius 3 is 2.48 bits per heavy atom. The molecule has 1 amide bonds. The number of ether oxygens (including phenoxy) is 2. The normalized spacial score (nSPS) is 10.8. The summed E-state index contributed by atoms with van der Waals surface area (Å²) >= 11 is 12.4. The topological polar surface area (TPSA) is 80.2 Å². The molecule has 0 aliphatic heterocycles. The maximum Gasteiger partial charge on any atom is 0.275 e. The Morgan fingerprint density at radius 1 is 1.03 bits per heavy atom. The van der Waals surface area contributed by atoms with Crippen molar-refractivity contribution in [3.8, 4) is 17.2 Å². The highest BCUT2D eigenvalue weighted by molar-refractivity contribution is 6.35. The van der Waals surface area contributed by atoms with E-state index in [0.29, 0.717) is 39.3 Å². The summed E-state index contributed by atoms with van der Waals surface area (Å²) in [6, 6.07) is 16.7. The van der Waals surface area contributed by atoms with Gasteiger partial charge in [-0.2, -0.15) is 5.10 Å². The van der Waals surface area contributed by atoms with Crippen LogP contribution in [0.15, 0.2) is 65.8 Å². The first-order valence-corrected chi connectivity index (χ1v) is 10.2. The summed E-state index contributed by atoms with van der Waals surface area (Å²) < 4.78 is 11.5. The molecule has 3 aromatic rings. The lowest BCUT2D eigenvalue weighted by Crippen LogP contribution is -2.17. The summed E-state index contributed by atoms with van der Waals surface area (Å²) in [7, 11) is 0. The van der Waals surface area contributed by atoms with Gasteiger partial charge in [0.15, 0.2) is 11.5 Å². The number of para-hydroxylation sites is 1. The Hall–Kier alpha value is -3.22. The largest absolute Gasteiger partial charge is 0.507 e. The number of carbonyl (C=O) groups excluding carboxylic acids is 1. The van der Waals surface area contributed by atoms with E-state index >= 15 is 0 Å². The summed E-state index contributed by atoms with van der Waals surface area (Å²) in [6.07, 6.45) is 1.47. The van der Waals surface area contributed by atoms with Gasteiger partial charge >= 0.3 is 0 Å². The molecule has 0 saturated carbocycles. The summed E-state index contributed by atoms with van der Waals surface area (Å²) in [6.45, 7) is 2.48. The fraction of sp³-hybridized carbons (Fsp3) is 0.130. The molecule has 3 aromatic carbocycles. The lowest BCUT2D eigenvalue weighted by molar-refractivity contribution is 0.0952. The quantitative estimate of drug-likeness (QED) is 0.347. The molecule has 8 heteroatoms. The van der Waals surface area contributed by atoms with Gasteiger partial charge in [-0.3, -0.25) is 4.79 Å². The summed E-state index contributed by atoms with van der Waals surface area (Å²) in [5.41, 5.74) is 3.89. The van der Waals surface area contributed by atoms with E-state index in [0.717, 1.165) is 0 Å². The van der Waals surface area contributed by atoms with Gasteiger partial charge in [-0.25, -0.2) is 5.43 Å². The van der Waals surface area contributed by atoms with Crippen LogP contribution in [-0.2, 0) is 6.61 Å². The zero-order valence-electron chi connectivity index (χ0n) is 16.6. The van der Waals surface area contributed by atoms with Gasteiger partial charge in [0, 0.05) is 15.6 Å². The van der Waals surface area contributed by atoms with Crippen molar-refractivity contribution in [2.45, 2.75) is 13.5 Å². The number of hydrogen-bond acceptors (Lipinski definition) is 5. The Labute approximate surface area is 190 Å². The van der Waals surface area contributed by atoms with Crippen LogP contribution < -0.4 is 14.9 Å². The minimum absolute atomic E-state index is 0.117. The number of nitrogens with zero attached hydrogens (tertiary/aromatic N) is 1. The fourth-order valence-electron chi connectivity index (χ4n) is 2.70. The van der Waals surface area contributed by atoms with Crippen molar-refractivity contribution >= 4 is 35.3 Å². The zero-order valence-corrected chi connectivity index (χ0v) is 18.2. The lowest BCUT2D eigenvalue weighted by Gasteiger charge is -2.14. The van der Waals surface area contributed by atoms with E-state index in [-0.39, 0.29) is 17.9 Å². The van der Waals surface area contributed by atoms with E-state index in [1.807, 2.05) is 6.92 Å². The van der Waals surface area contributed by atoms with Crippen molar-refractivity contribution in [1.29, 1.82) is 0 Å². The highest BCUT2D eigenvalue weighted by Crippen LogP contribution is 2.31. The molecule has 31 heavy (non-hydrogen) atoms. The maximum absolute atomic E-state index is 12.1. The van der Waals surface area contributed by atoms with Crippen molar-refractivity contribution in [2.24, 2.45) is 5.10 Å². The van der Waals surface area contributed by atoms with Crippen molar-refractivity contribution in [1.82, 2.24) is 5.43 Å². The van der Waals surface area contributed by atoms with E-state index < -0.39 is 5.91 Å². The Morgan fingerprint density at radius 2 is 1.77 bits per heavy atom. The summed E-state index contributed by atoms with van der Waals surface area (Å²) in [4.78, 5) is 12.1. The molecule has 3 rings (SSSR count). The minimum atomic E-state index is -0.518. The summed E-state index contributed by atoms with van der Waals surface area (Å²) in [5.74, 6) is 0.403. The van der Waals surface area contributed by atoms with Crippen LogP contribution in [0.5, 0.6) is 17.2 Å². The number of hydrazone groups is 1. The lowest BCUT2D eigenvalue weighted by atomic mass is 10.2. The van der Waals surface area contributed by atoms with Crippen LogP contribution in [0.3, 0.4) is 0 Å². The van der Waals surface area contributed by atoms with E-state index in [9.17, 15) is 9.90 Å². The van der Waals surface area contributed by atoms with Crippen LogP contribution in [-0.4, -0.2) is 23.8 Å². The first-order chi connectivity index (χ1) is 15.0. The third-order valence-electron chi connectivity index (χ3n) is 4.23. The van der Waals surface area contributed by atoms with Crippen molar-refractivity contribution in [3.63, 3.8) is 0 Å². The van der Waals surface area contributed by atoms with Gasteiger partial charge in [-0.05, 0) is 55.0 Å². The number of phenolic OH excluding ortho intramolecular Hbond substituents is 1. The highest BCUT2D eigenvalue weighted by atomic mass is 35.5. The van der Waals surface area contributed by atoms with Crippen molar-refractivity contribution in [2.75, 3.05) is 6.61 Å². The molecule has 0 bridgehead atoms. The maximum atomic E-state index is 12.1. The van der Waals surface area contributed by atoms with E-state index in [4.69, 9.17) is 32.7 Å². The number of benzene rings is 3. The molecule has 0 radical (unpaired) electrons. The first kappa shape index (κ1) is 22.5. The van der Waals surface area contributed by atoms with Crippen molar-refractivity contribution in [3.05, 3.63) is 87.4 Å². The molecule has 2 N–H and O–H groups in total. The smallest absolute Gasteiger partial charge is 0.275 e.